The maximum atomic E-state index is 5.06. The topological polar surface area (TPSA) is 87.9 Å². The number of azo groups is 1. The summed E-state index contributed by atoms with van der Waals surface area (Å²) >= 11 is 10.1. The summed E-state index contributed by atoms with van der Waals surface area (Å²) in [5.41, 5.74) is 5.22. The summed E-state index contributed by atoms with van der Waals surface area (Å²) in [5, 5.41) is 8.51. The molecule has 4 aromatic rings. The van der Waals surface area contributed by atoms with Crippen molar-refractivity contribution in [2.45, 2.75) is 0 Å². The van der Waals surface area contributed by atoms with Crippen molar-refractivity contribution in [2.24, 2.45) is 10.2 Å². The van der Waals surface area contributed by atoms with Gasteiger partial charge >= 0.3 is 0 Å². The molecule has 2 aromatic heterocycles. The summed E-state index contributed by atoms with van der Waals surface area (Å²) in [7, 11) is 0. The van der Waals surface area contributed by atoms with E-state index in [0.29, 0.717) is 9.54 Å². The monoisotopic (exact) mass is 326 g/mol. The van der Waals surface area contributed by atoms with Gasteiger partial charge in [-0.2, -0.15) is 10.2 Å². The molecule has 0 saturated carbocycles. The predicted molar refractivity (Wildman–Crippen MR) is 91.1 cm³/mol. The van der Waals surface area contributed by atoms with Crippen molar-refractivity contribution in [3.63, 3.8) is 0 Å². The fourth-order valence-corrected chi connectivity index (χ4v) is 2.72. The zero-order valence-corrected chi connectivity index (χ0v) is 12.8. The second-order valence-electron chi connectivity index (χ2n) is 4.82. The van der Waals surface area contributed by atoms with Gasteiger partial charge in [-0.05, 0) is 60.8 Å². The molecule has 0 unspecified atom stereocenters. The number of fused-ring (bicyclic) bond motifs is 2. The maximum Gasteiger partial charge on any atom is 0.175 e. The van der Waals surface area contributed by atoms with Crippen LogP contribution in [0.5, 0.6) is 0 Å². The van der Waals surface area contributed by atoms with Gasteiger partial charge in [0.25, 0.3) is 0 Å². The van der Waals surface area contributed by atoms with Crippen molar-refractivity contribution >= 4 is 57.9 Å². The SMILES string of the molecule is S=c1[nH]c2ccc(N=Nc3ccc4[nH]c(=S)[nH]c4c3)cc2[nH]1. The normalized spacial score (nSPS) is 11.8. The Morgan fingerprint density at radius 1 is 0.591 bits per heavy atom. The van der Waals surface area contributed by atoms with E-state index in [4.69, 9.17) is 24.4 Å². The lowest BCUT2D eigenvalue weighted by atomic mass is 10.3. The fourth-order valence-electron chi connectivity index (χ4n) is 2.28. The number of rotatable bonds is 2. The van der Waals surface area contributed by atoms with E-state index < -0.39 is 0 Å². The Labute approximate surface area is 134 Å². The van der Waals surface area contributed by atoms with Crippen LogP contribution in [0.3, 0.4) is 0 Å². The van der Waals surface area contributed by atoms with E-state index >= 15 is 0 Å². The van der Waals surface area contributed by atoms with Crippen LogP contribution in [0.25, 0.3) is 22.1 Å². The third kappa shape index (κ3) is 2.38. The molecular formula is C14H10N6S2. The highest BCUT2D eigenvalue weighted by molar-refractivity contribution is 7.71. The molecule has 0 atom stereocenters. The van der Waals surface area contributed by atoms with E-state index in [2.05, 4.69) is 30.2 Å². The molecule has 0 aliphatic heterocycles. The van der Waals surface area contributed by atoms with Gasteiger partial charge in [0.15, 0.2) is 9.54 Å². The number of hydrogen-bond acceptors (Lipinski definition) is 4. The largest absolute Gasteiger partial charge is 0.331 e. The average molecular weight is 326 g/mol. The summed E-state index contributed by atoms with van der Waals surface area (Å²) in [6, 6.07) is 11.4. The van der Waals surface area contributed by atoms with Crippen LogP contribution in [0, 0.1) is 9.54 Å². The molecule has 8 heteroatoms. The van der Waals surface area contributed by atoms with E-state index in [0.717, 1.165) is 33.4 Å². The van der Waals surface area contributed by atoms with Crippen molar-refractivity contribution in [3.05, 3.63) is 45.9 Å². The third-order valence-electron chi connectivity index (χ3n) is 3.28. The lowest BCUT2D eigenvalue weighted by Crippen LogP contribution is -1.70. The molecule has 2 aromatic carbocycles. The van der Waals surface area contributed by atoms with Crippen molar-refractivity contribution in [3.8, 4) is 0 Å². The van der Waals surface area contributed by atoms with Gasteiger partial charge in [-0.25, -0.2) is 0 Å². The second kappa shape index (κ2) is 5.00. The number of aromatic amines is 4. The third-order valence-corrected chi connectivity index (χ3v) is 3.69. The first-order chi connectivity index (χ1) is 10.7. The van der Waals surface area contributed by atoms with Gasteiger partial charge in [0.1, 0.15) is 0 Å². The Kier molecular flexibility index (Phi) is 2.98. The van der Waals surface area contributed by atoms with E-state index in [-0.39, 0.29) is 0 Å². The van der Waals surface area contributed by atoms with Crippen molar-refractivity contribution < 1.29 is 0 Å². The summed E-state index contributed by atoms with van der Waals surface area (Å²) in [4.78, 5) is 12.2. The zero-order valence-electron chi connectivity index (χ0n) is 11.2. The van der Waals surface area contributed by atoms with E-state index in [1.54, 1.807) is 0 Å². The molecule has 0 aliphatic rings. The highest BCUT2D eigenvalue weighted by Gasteiger charge is 2.00. The Balaban J connectivity index is 1.70. The van der Waals surface area contributed by atoms with Crippen LogP contribution in [-0.2, 0) is 0 Å². The van der Waals surface area contributed by atoms with Gasteiger partial charge in [-0.1, -0.05) is 0 Å². The fraction of sp³-hybridized carbons (Fsp3) is 0. The van der Waals surface area contributed by atoms with E-state index in [1.807, 2.05) is 36.4 Å². The van der Waals surface area contributed by atoms with Gasteiger partial charge in [-0.15, -0.1) is 0 Å². The van der Waals surface area contributed by atoms with Crippen LogP contribution < -0.4 is 0 Å². The van der Waals surface area contributed by atoms with Crippen LogP contribution in [0.15, 0.2) is 46.6 Å². The summed E-state index contributed by atoms with van der Waals surface area (Å²) in [5.74, 6) is 0. The van der Waals surface area contributed by atoms with E-state index in [9.17, 15) is 0 Å². The number of imidazole rings is 2. The van der Waals surface area contributed by atoms with Gasteiger partial charge in [0, 0.05) is 0 Å². The van der Waals surface area contributed by atoms with Gasteiger partial charge in [0.2, 0.25) is 0 Å². The molecule has 0 aliphatic carbocycles. The lowest BCUT2D eigenvalue weighted by molar-refractivity contribution is 1.23. The summed E-state index contributed by atoms with van der Waals surface area (Å²) in [6.45, 7) is 0. The maximum absolute atomic E-state index is 5.06. The number of hydrogen-bond donors (Lipinski definition) is 4. The number of benzene rings is 2. The molecule has 0 saturated heterocycles. The zero-order chi connectivity index (χ0) is 15.1. The molecule has 6 nitrogen and oxygen atoms in total. The second-order valence-corrected chi connectivity index (χ2v) is 5.63. The van der Waals surface area contributed by atoms with Crippen molar-refractivity contribution in [2.75, 3.05) is 0 Å². The average Bonchev–Trinajstić information content (AvgIpc) is 3.04. The summed E-state index contributed by atoms with van der Waals surface area (Å²) < 4.78 is 1.19. The van der Waals surface area contributed by atoms with Crippen LogP contribution >= 0.6 is 24.4 Å². The highest BCUT2D eigenvalue weighted by Crippen LogP contribution is 2.23. The molecule has 4 rings (SSSR count). The Morgan fingerprint density at radius 3 is 1.45 bits per heavy atom. The van der Waals surface area contributed by atoms with Crippen LogP contribution in [0.2, 0.25) is 0 Å². The van der Waals surface area contributed by atoms with E-state index in [1.165, 1.54) is 0 Å². The number of H-pyrrole nitrogens is 4. The molecule has 0 amide bonds. The quantitative estimate of drug-likeness (QED) is 0.302. The minimum absolute atomic E-state index is 0.595. The molecule has 0 fully saturated rings. The lowest BCUT2D eigenvalue weighted by Gasteiger charge is -1.95. The highest BCUT2D eigenvalue weighted by atomic mass is 32.1. The van der Waals surface area contributed by atoms with Gasteiger partial charge in [0.05, 0.1) is 33.4 Å². The molecule has 0 spiro atoms. The molecule has 2 heterocycles. The van der Waals surface area contributed by atoms with Crippen LogP contribution in [-0.4, -0.2) is 19.9 Å². The van der Waals surface area contributed by atoms with Crippen molar-refractivity contribution in [1.29, 1.82) is 0 Å². The number of aromatic nitrogens is 4. The molecule has 0 radical (unpaired) electrons. The number of nitrogens with one attached hydrogen (secondary N) is 4. The Hall–Kier alpha value is -2.58. The number of nitrogens with zero attached hydrogens (tertiary/aromatic N) is 2. The molecule has 108 valence electrons. The van der Waals surface area contributed by atoms with Gasteiger partial charge in [-0.3, -0.25) is 0 Å². The Morgan fingerprint density at radius 2 is 1.00 bits per heavy atom. The first-order valence-electron chi connectivity index (χ1n) is 6.53. The van der Waals surface area contributed by atoms with Crippen LogP contribution in [0.1, 0.15) is 0 Å². The standard InChI is InChI=1S/C14H10N6S2/c21-13-15-9-3-1-7(5-11(9)17-13)19-20-8-2-4-10-12(6-8)18-14(22)16-10/h1-6H,(H2,15,17,21)(H2,16,18,22). The molecule has 4 N–H and O–H groups in total. The molecule has 22 heavy (non-hydrogen) atoms. The Bertz CT molecular complexity index is 1040. The minimum atomic E-state index is 0.595. The minimum Gasteiger partial charge on any atom is -0.331 e. The van der Waals surface area contributed by atoms with Crippen molar-refractivity contribution in [1.82, 2.24) is 19.9 Å². The first-order valence-corrected chi connectivity index (χ1v) is 7.35. The van der Waals surface area contributed by atoms with Gasteiger partial charge < -0.3 is 19.9 Å². The predicted octanol–water partition coefficient (Wildman–Crippen LogP) is 5.18. The first kappa shape index (κ1) is 13.1. The van der Waals surface area contributed by atoms with Crippen LogP contribution in [0.4, 0.5) is 11.4 Å². The summed E-state index contributed by atoms with van der Waals surface area (Å²) in [6.07, 6.45) is 0. The smallest absolute Gasteiger partial charge is 0.175 e. The molecule has 0 bridgehead atoms. The molecular weight excluding hydrogens is 316 g/mol.